The van der Waals surface area contributed by atoms with Gasteiger partial charge in [0.25, 0.3) is 0 Å². The zero-order valence-corrected chi connectivity index (χ0v) is 11.5. The van der Waals surface area contributed by atoms with Crippen LogP contribution in [0.15, 0.2) is 48.6 Å². The van der Waals surface area contributed by atoms with Crippen molar-refractivity contribution in [2.75, 3.05) is 0 Å². The van der Waals surface area contributed by atoms with Gasteiger partial charge in [-0.15, -0.1) is 13.2 Å². The standard InChI is InChI=1S/C17H23N/c1-12(2)9-15-11-14-7-5-6-8-16(14)17(18-15)10-13(3)4/h5-8,15,17-18H,1,3,9-11H2,2,4H3. The molecule has 2 rings (SSSR count). The van der Waals surface area contributed by atoms with Gasteiger partial charge in [0, 0.05) is 12.1 Å². The Morgan fingerprint density at radius 3 is 2.50 bits per heavy atom. The molecule has 96 valence electrons. The van der Waals surface area contributed by atoms with Crippen molar-refractivity contribution >= 4 is 0 Å². The quantitative estimate of drug-likeness (QED) is 0.780. The average molecular weight is 241 g/mol. The first kappa shape index (κ1) is 13.1. The number of nitrogens with one attached hydrogen (secondary N) is 1. The summed E-state index contributed by atoms with van der Waals surface area (Å²) in [7, 11) is 0. The lowest BCUT2D eigenvalue weighted by Crippen LogP contribution is -2.39. The van der Waals surface area contributed by atoms with Gasteiger partial charge in [0.05, 0.1) is 0 Å². The maximum Gasteiger partial charge on any atom is 0.0362 e. The van der Waals surface area contributed by atoms with E-state index in [0.29, 0.717) is 12.1 Å². The molecule has 0 saturated heterocycles. The van der Waals surface area contributed by atoms with Crippen LogP contribution < -0.4 is 5.32 Å². The summed E-state index contributed by atoms with van der Waals surface area (Å²) < 4.78 is 0. The van der Waals surface area contributed by atoms with Gasteiger partial charge in [0.15, 0.2) is 0 Å². The molecule has 1 heterocycles. The lowest BCUT2D eigenvalue weighted by Gasteiger charge is -2.33. The van der Waals surface area contributed by atoms with Crippen LogP contribution in [0.2, 0.25) is 0 Å². The fraction of sp³-hybridized carbons (Fsp3) is 0.412. The molecule has 1 aliphatic rings. The molecule has 0 aromatic heterocycles. The van der Waals surface area contributed by atoms with E-state index in [1.807, 2.05) is 0 Å². The summed E-state index contributed by atoms with van der Waals surface area (Å²) in [5.74, 6) is 0. The number of hydrogen-bond donors (Lipinski definition) is 1. The Labute approximate surface area is 111 Å². The van der Waals surface area contributed by atoms with Crippen molar-refractivity contribution in [1.82, 2.24) is 5.32 Å². The van der Waals surface area contributed by atoms with Gasteiger partial charge < -0.3 is 5.32 Å². The molecule has 0 fully saturated rings. The third-order valence-electron chi connectivity index (χ3n) is 3.48. The van der Waals surface area contributed by atoms with Gasteiger partial charge in [-0.1, -0.05) is 35.4 Å². The third kappa shape index (κ3) is 3.11. The minimum absolute atomic E-state index is 0.414. The van der Waals surface area contributed by atoms with Crippen molar-refractivity contribution in [2.24, 2.45) is 0 Å². The normalized spacial score (nSPS) is 22.3. The molecule has 0 radical (unpaired) electrons. The highest BCUT2D eigenvalue weighted by Crippen LogP contribution is 2.30. The van der Waals surface area contributed by atoms with Crippen LogP contribution in [0.5, 0.6) is 0 Å². The fourth-order valence-corrected chi connectivity index (χ4v) is 2.83. The SMILES string of the molecule is C=C(C)CC1Cc2ccccc2C(CC(=C)C)N1. The molecule has 1 aliphatic heterocycles. The summed E-state index contributed by atoms with van der Waals surface area (Å²) >= 11 is 0. The maximum atomic E-state index is 4.05. The highest BCUT2D eigenvalue weighted by molar-refractivity contribution is 5.34. The summed E-state index contributed by atoms with van der Waals surface area (Å²) in [6.07, 6.45) is 3.18. The van der Waals surface area contributed by atoms with Crippen LogP contribution >= 0.6 is 0 Å². The van der Waals surface area contributed by atoms with E-state index in [9.17, 15) is 0 Å². The third-order valence-corrected chi connectivity index (χ3v) is 3.48. The smallest absolute Gasteiger partial charge is 0.0362 e. The van der Waals surface area contributed by atoms with Crippen molar-refractivity contribution in [2.45, 2.75) is 45.2 Å². The molecule has 2 atom stereocenters. The largest absolute Gasteiger partial charge is 0.306 e. The van der Waals surface area contributed by atoms with E-state index in [1.165, 1.54) is 22.3 Å². The number of rotatable bonds is 4. The molecule has 1 aromatic rings. The lowest BCUT2D eigenvalue weighted by molar-refractivity contribution is 0.397. The van der Waals surface area contributed by atoms with Gasteiger partial charge in [-0.05, 0) is 44.2 Å². The van der Waals surface area contributed by atoms with E-state index in [4.69, 9.17) is 0 Å². The Hall–Kier alpha value is -1.34. The van der Waals surface area contributed by atoms with Gasteiger partial charge in [-0.3, -0.25) is 0 Å². The molecule has 0 amide bonds. The fourth-order valence-electron chi connectivity index (χ4n) is 2.83. The molecule has 0 bridgehead atoms. The number of benzene rings is 1. The second-order valence-corrected chi connectivity index (χ2v) is 5.64. The zero-order chi connectivity index (χ0) is 13.1. The first-order valence-electron chi connectivity index (χ1n) is 6.69. The first-order chi connectivity index (χ1) is 8.56. The summed E-state index contributed by atoms with van der Waals surface area (Å²) in [6.45, 7) is 12.3. The molecule has 1 N–H and O–H groups in total. The Morgan fingerprint density at radius 2 is 1.83 bits per heavy atom. The topological polar surface area (TPSA) is 12.0 Å². The van der Waals surface area contributed by atoms with Crippen LogP contribution in [0, 0.1) is 0 Å². The minimum Gasteiger partial charge on any atom is -0.306 e. The number of hydrogen-bond acceptors (Lipinski definition) is 1. The van der Waals surface area contributed by atoms with Crippen molar-refractivity contribution in [3.05, 3.63) is 59.7 Å². The van der Waals surface area contributed by atoms with Crippen molar-refractivity contribution in [1.29, 1.82) is 0 Å². The molecule has 0 aliphatic carbocycles. The number of fused-ring (bicyclic) bond motifs is 1. The second kappa shape index (κ2) is 5.53. The van der Waals surface area contributed by atoms with Crippen LogP contribution in [-0.4, -0.2) is 6.04 Å². The van der Waals surface area contributed by atoms with Crippen LogP contribution in [0.3, 0.4) is 0 Å². The Bertz CT molecular complexity index is 458. The monoisotopic (exact) mass is 241 g/mol. The van der Waals surface area contributed by atoms with Gasteiger partial charge in [0.2, 0.25) is 0 Å². The molecule has 1 heteroatoms. The first-order valence-corrected chi connectivity index (χ1v) is 6.69. The Kier molecular flexibility index (Phi) is 4.03. The van der Waals surface area contributed by atoms with E-state index in [2.05, 4.69) is 56.6 Å². The molecule has 2 unspecified atom stereocenters. The van der Waals surface area contributed by atoms with Gasteiger partial charge >= 0.3 is 0 Å². The molecule has 1 aromatic carbocycles. The molecular weight excluding hydrogens is 218 g/mol. The van der Waals surface area contributed by atoms with Crippen LogP contribution in [-0.2, 0) is 6.42 Å². The van der Waals surface area contributed by atoms with Crippen molar-refractivity contribution in [3.63, 3.8) is 0 Å². The Balaban J connectivity index is 2.23. The van der Waals surface area contributed by atoms with Gasteiger partial charge in [0.1, 0.15) is 0 Å². The van der Waals surface area contributed by atoms with Crippen LogP contribution in [0.1, 0.15) is 43.9 Å². The van der Waals surface area contributed by atoms with Crippen LogP contribution in [0.25, 0.3) is 0 Å². The molecule has 0 spiro atoms. The summed E-state index contributed by atoms with van der Waals surface area (Å²) in [4.78, 5) is 0. The molecule has 1 nitrogen and oxygen atoms in total. The maximum absolute atomic E-state index is 4.05. The van der Waals surface area contributed by atoms with E-state index in [0.717, 1.165) is 19.3 Å². The summed E-state index contributed by atoms with van der Waals surface area (Å²) in [6, 6.07) is 9.70. The molecular formula is C17H23N. The van der Waals surface area contributed by atoms with Crippen molar-refractivity contribution < 1.29 is 0 Å². The summed E-state index contributed by atoms with van der Waals surface area (Å²) in [5.41, 5.74) is 5.41. The average Bonchev–Trinajstić information content (AvgIpc) is 2.27. The van der Waals surface area contributed by atoms with Crippen LogP contribution in [0.4, 0.5) is 0 Å². The van der Waals surface area contributed by atoms with E-state index in [1.54, 1.807) is 0 Å². The zero-order valence-electron chi connectivity index (χ0n) is 11.5. The predicted octanol–water partition coefficient (Wildman–Crippen LogP) is 4.17. The molecule has 0 saturated carbocycles. The summed E-state index contributed by atoms with van der Waals surface area (Å²) in [5, 5.41) is 3.75. The van der Waals surface area contributed by atoms with Gasteiger partial charge in [-0.2, -0.15) is 0 Å². The second-order valence-electron chi connectivity index (χ2n) is 5.64. The van der Waals surface area contributed by atoms with E-state index >= 15 is 0 Å². The predicted molar refractivity (Wildman–Crippen MR) is 78.7 cm³/mol. The van der Waals surface area contributed by atoms with E-state index < -0.39 is 0 Å². The molecule has 18 heavy (non-hydrogen) atoms. The Morgan fingerprint density at radius 1 is 1.17 bits per heavy atom. The minimum atomic E-state index is 0.414. The highest BCUT2D eigenvalue weighted by atomic mass is 15.0. The highest BCUT2D eigenvalue weighted by Gasteiger charge is 2.25. The van der Waals surface area contributed by atoms with E-state index in [-0.39, 0.29) is 0 Å². The lowest BCUT2D eigenvalue weighted by atomic mass is 9.86. The van der Waals surface area contributed by atoms with Gasteiger partial charge in [-0.25, -0.2) is 0 Å². The van der Waals surface area contributed by atoms with Crippen molar-refractivity contribution in [3.8, 4) is 0 Å².